The summed E-state index contributed by atoms with van der Waals surface area (Å²) in [4.78, 5) is 15.0. The fourth-order valence-electron chi connectivity index (χ4n) is 4.41. The van der Waals surface area contributed by atoms with E-state index in [2.05, 4.69) is 29.4 Å². The minimum atomic E-state index is -0.0613. The van der Waals surface area contributed by atoms with E-state index >= 15 is 0 Å². The van der Waals surface area contributed by atoms with Gasteiger partial charge in [-0.2, -0.15) is 0 Å². The third-order valence-corrected chi connectivity index (χ3v) is 5.87. The van der Waals surface area contributed by atoms with Gasteiger partial charge in [0.25, 0.3) is 5.91 Å². The average molecular weight is 404 g/mol. The van der Waals surface area contributed by atoms with Gasteiger partial charge < -0.3 is 14.4 Å². The van der Waals surface area contributed by atoms with E-state index in [-0.39, 0.29) is 18.1 Å². The number of ether oxygens (including phenoxy) is 2. The van der Waals surface area contributed by atoms with E-state index in [1.165, 1.54) is 5.56 Å². The summed E-state index contributed by atoms with van der Waals surface area (Å²) < 4.78 is 12.6. The summed E-state index contributed by atoms with van der Waals surface area (Å²) >= 11 is 0. The molecular weight excluding hydrogens is 380 g/mol. The lowest BCUT2D eigenvalue weighted by atomic mass is 9.77. The maximum Gasteiger partial charge on any atom is 0.276 e. The van der Waals surface area contributed by atoms with Gasteiger partial charge in [-0.3, -0.25) is 4.79 Å². The standard InChI is InChI=1S/C23H24N4O3/c1-23(13-17-8-9-20-21(12-17)30-16-29-20)10-5-11-26(15-23)22(28)19-14-27(25-24-19)18-6-3-2-4-7-18/h2-4,6-9,12,14H,5,10-11,13,15-16H2,1H3/t23-/m1/s1. The highest BCUT2D eigenvalue weighted by molar-refractivity contribution is 5.92. The summed E-state index contributed by atoms with van der Waals surface area (Å²) in [6.07, 6.45) is 4.63. The minimum Gasteiger partial charge on any atom is -0.454 e. The van der Waals surface area contributed by atoms with Gasteiger partial charge in [-0.25, -0.2) is 4.68 Å². The number of hydrogen-bond donors (Lipinski definition) is 0. The molecule has 5 rings (SSSR count). The molecule has 3 aromatic rings. The zero-order valence-electron chi connectivity index (χ0n) is 17.0. The number of piperidine rings is 1. The highest BCUT2D eigenvalue weighted by Crippen LogP contribution is 2.37. The molecule has 2 aromatic carbocycles. The Balaban J connectivity index is 1.30. The van der Waals surface area contributed by atoms with Crippen molar-refractivity contribution in [3.05, 3.63) is 66.0 Å². The van der Waals surface area contributed by atoms with Crippen molar-refractivity contribution in [2.24, 2.45) is 5.41 Å². The molecule has 0 saturated carbocycles. The van der Waals surface area contributed by atoms with Gasteiger partial charge in [-0.1, -0.05) is 36.4 Å². The summed E-state index contributed by atoms with van der Waals surface area (Å²) in [5, 5.41) is 8.26. The van der Waals surface area contributed by atoms with Crippen LogP contribution in [-0.4, -0.2) is 45.7 Å². The van der Waals surface area contributed by atoms with Crippen molar-refractivity contribution < 1.29 is 14.3 Å². The zero-order valence-corrected chi connectivity index (χ0v) is 17.0. The molecule has 30 heavy (non-hydrogen) atoms. The molecule has 1 saturated heterocycles. The Morgan fingerprint density at radius 3 is 2.83 bits per heavy atom. The van der Waals surface area contributed by atoms with Gasteiger partial charge in [-0.05, 0) is 54.5 Å². The number of hydrogen-bond acceptors (Lipinski definition) is 5. The van der Waals surface area contributed by atoms with Crippen LogP contribution in [0.1, 0.15) is 35.8 Å². The lowest BCUT2D eigenvalue weighted by Gasteiger charge is -2.40. The Hall–Kier alpha value is -3.35. The number of likely N-dealkylation sites (tertiary alicyclic amines) is 1. The zero-order chi connectivity index (χ0) is 20.6. The second kappa shape index (κ2) is 7.48. The van der Waals surface area contributed by atoms with Crippen LogP contribution in [0.2, 0.25) is 0 Å². The van der Waals surface area contributed by atoms with Gasteiger partial charge in [-0.15, -0.1) is 5.10 Å². The van der Waals surface area contributed by atoms with Crippen molar-refractivity contribution in [1.82, 2.24) is 19.9 Å². The molecule has 2 aliphatic rings. The first-order valence-electron chi connectivity index (χ1n) is 10.3. The van der Waals surface area contributed by atoms with E-state index in [9.17, 15) is 4.79 Å². The molecule has 3 heterocycles. The van der Waals surface area contributed by atoms with Crippen molar-refractivity contribution in [2.45, 2.75) is 26.2 Å². The molecule has 2 aliphatic heterocycles. The molecule has 0 N–H and O–H groups in total. The molecule has 0 bridgehead atoms. The maximum atomic E-state index is 13.1. The number of carbonyl (C=O) groups is 1. The fourth-order valence-corrected chi connectivity index (χ4v) is 4.41. The van der Waals surface area contributed by atoms with Gasteiger partial charge in [0.05, 0.1) is 11.9 Å². The van der Waals surface area contributed by atoms with E-state index in [0.717, 1.165) is 43.0 Å². The number of rotatable bonds is 4. The Morgan fingerprint density at radius 1 is 1.13 bits per heavy atom. The topological polar surface area (TPSA) is 69.5 Å². The van der Waals surface area contributed by atoms with Crippen LogP contribution in [0.15, 0.2) is 54.7 Å². The predicted molar refractivity (Wildman–Crippen MR) is 111 cm³/mol. The van der Waals surface area contributed by atoms with Crippen LogP contribution in [0.4, 0.5) is 0 Å². The number of aromatic nitrogens is 3. The molecule has 1 fully saturated rings. The molecule has 0 unspecified atom stereocenters. The summed E-state index contributed by atoms with van der Waals surface area (Å²) in [6.45, 7) is 3.96. The van der Waals surface area contributed by atoms with E-state index in [0.29, 0.717) is 12.2 Å². The van der Waals surface area contributed by atoms with E-state index in [1.54, 1.807) is 10.9 Å². The van der Waals surface area contributed by atoms with Crippen LogP contribution < -0.4 is 9.47 Å². The van der Waals surface area contributed by atoms with Gasteiger partial charge in [0.15, 0.2) is 17.2 Å². The van der Waals surface area contributed by atoms with E-state index in [1.807, 2.05) is 41.3 Å². The van der Waals surface area contributed by atoms with Crippen LogP contribution in [0.5, 0.6) is 11.5 Å². The molecule has 1 aromatic heterocycles. The average Bonchev–Trinajstić information content (AvgIpc) is 3.43. The molecule has 7 nitrogen and oxygen atoms in total. The van der Waals surface area contributed by atoms with Crippen LogP contribution in [0.3, 0.4) is 0 Å². The van der Waals surface area contributed by atoms with Crippen molar-refractivity contribution >= 4 is 5.91 Å². The predicted octanol–water partition coefficient (Wildman–Crippen LogP) is 3.48. The molecule has 7 heteroatoms. The van der Waals surface area contributed by atoms with E-state index < -0.39 is 0 Å². The fraction of sp³-hybridized carbons (Fsp3) is 0.348. The summed E-state index contributed by atoms with van der Waals surface area (Å²) in [5.74, 6) is 1.54. The largest absolute Gasteiger partial charge is 0.454 e. The van der Waals surface area contributed by atoms with E-state index in [4.69, 9.17) is 9.47 Å². The maximum absolute atomic E-state index is 13.1. The third kappa shape index (κ3) is 3.63. The number of nitrogens with zero attached hydrogens (tertiary/aromatic N) is 4. The smallest absolute Gasteiger partial charge is 0.276 e. The first-order chi connectivity index (χ1) is 14.6. The Labute approximate surface area is 175 Å². The molecule has 0 aliphatic carbocycles. The number of carbonyl (C=O) groups excluding carboxylic acids is 1. The first kappa shape index (κ1) is 18.7. The summed E-state index contributed by atoms with van der Waals surface area (Å²) in [7, 11) is 0. The minimum absolute atomic E-state index is 0.00294. The van der Waals surface area contributed by atoms with Crippen molar-refractivity contribution in [2.75, 3.05) is 19.9 Å². The Kier molecular flexibility index (Phi) is 4.65. The summed E-state index contributed by atoms with van der Waals surface area (Å²) in [6, 6.07) is 15.8. The van der Waals surface area contributed by atoms with Gasteiger partial charge in [0, 0.05) is 13.1 Å². The SMILES string of the molecule is C[C@]1(Cc2ccc3c(c2)OCO3)CCCN(C(=O)c2cn(-c3ccccc3)nn2)C1. The lowest BCUT2D eigenvalue weighted by molar-refractivity contribution is 0.0545. The molecule has 1 atom stereocenters. The number of benzene rings is 2. The highest BCUT2D eigenvalue weighted by Gasteiger charge is 2.34. The monoisotopic (exact) mass is 404 g/mol. The Morgan fingerprint density at radius 2 is 1.97 bits per heavy atom. The third-order valence-electron chi connectivity index (χ3n) is 5.87. The van der Waals surface area contributed by atoms with Crippen molar-refractivity contribution in [1.29, 1.82) is 0 Å². The first-order valence-corrected chi connectivity index (χ1v) is 10.3. The quantitative estimate of drug-likeness (QED) is 0.666. The molecule has 154 valence electrons. The van der Waals surface area contributed by atoms with Crippen LogP contribution in [0.25, 0.3) is 5.69 Å². The van der Waals surface area contributed by atoms with Crippen LogP contribution in [0, 0.1) is 5.41 Å². The van der Waals surface area contributed by atoms with Crippen LogP contribution in [-0.2, 0) is 6.42 Å². The second-order valence-corrected chi connectivity index (χ2v) is 8.39. The summed E-state index contributed by atoms with van der Waals surface area (Å²) in [5.41, 5.74) is 2.46. The van der Waals surface area contributed by atoms with Crippen molar-refractivity contribution in [3.63, 3.8) is 0 Å². The number of amides is 1. The molecule has 1 amide bonds. The van der Waals surface area contributed by atoms with Gasteiger partial charge in [0.2, 0.25) is 6.79 Å². The van der Waals surface area contributed by atoms with Crippen molar-refractivity contribution in [3.8, 4) is 17.2 Å². The molecule has 0 spiro atoms. The van der Waals surface area contributed by atoms with Gasteiger partial charge >= 0.3 is 0 Å². The Bertz CT molecular complexity index is 1070. The molecule has 0 radical (unpaired) electrons. The molecular formula is C23H24N4O3. The second-order valence-electron chi connectivity index (χ2n) is 8.39. The highest BCUT2D eigenvalue weighted by atomic mass is 16.7. The number of para-hydroxylation sites is 1. The lowest BCUT2D eigenvalue weighted by Crippen LogP contribution is -2.45. The number of fused-ring (bicyclic) bond motifs is 1. The van der Waals surface area contributed by atoms with Gasteiger partial charge in [0.1, 0.15) is 0 Å². The normalized spacial score (nSPS) is 20.4. The van der Waals surface area contributed by atoms with Crippen LogP contribution >= 0.6 is 0 Å².